The Kier molecular flexibility index (Phi) is 5.76. The first-order valence-electron chi connectivity index (χ1n) is 8.36. The lowest BCUT2D eigenvalue weighted by Gasteiger charge is -2.22. The van der Waals surface area contributed by atoms with E-state index < -0.39 is 0 Å². The normalized spacial score (nSPS) is 15.1. The van der Waals surface area contributed by atoms with Crippen molar-refractivity contribution in [3.8, 4) is 0 Å². The number of amides is 1. The molecule has 1 aromatic heterocycles. The highest BCUT2D eigenvalue weighted by Gasteiger charge is 2.22. The number of aromatic nitrogens is 2. The highest BCUT2D eigenvalue weighted by atomic mass is 35.5. The van der Waals surface area contributed by atoms with E-state index in [-0.39, 0.29) is 29.7 Å². The van der Waals surface area contributed by atoms with Crippen molar-refractivity contribution in [3.05, 3.63) is 51.3 Å². The summed E-state index contributed by atoms with van der Waals surface area (Å²) in [6.45, 7) is 0. The number of Topliss-reactive ketones (excluding diaryl/α,β-unsaturated/α-hetero) is 1. The molecule has 25 heavy (non-hydrogen) atoms. The maximum Gasteiger partial charge on any atom is 0.269 e. The molecule has 7 heteroatoms. The molecule has 1 aromatic carbocycles. The minimum absolute atomic E-state index is 0.00731. The average Bonchev–Trinajstić information content (AvgIpc) is 3.04. The van der Waals surface area contributed by atoms with Crippen LogP contribution < -0.4 is 5.32 Å². The minimum Gasteiger partial charge on any atom is -0.348 e. The van der Waals surface area contributed by atoms with Crippen LogP contribution in [0.1, 0.15) is 58.5 Å². The Labute approximate surface area is 156 Å². The second-order valence-electron chi connectivity index (χ2n) is 6.28. The van der Waals surface area contributed by atoms with Gasteiger partial charge >= 0.3 is 0 Å². The summed E-state index contributed by atoms with van der Waals surface area (Å²) in [6.07, 6.45) is 6.96. The van der Waals surface area contributed by atoms with Crippen molar-refractivity contribution in [1.82, 2.24) is 15.5 Å². The molecule has 1 aliphatic rings. The van der Waals surface area contributed by atoms with Crippen molar-refractivity contribution in [2.24, 2.45) is 0 Å². The monoisotopic (exact) mass is 379 g/mol. The third-order valence-electron chi connectivity index (χ3n) is 4.48. The van der Waals surface area contributed by atoms with Crippen LogP contribution in [-0.2, 0) is 6.42 Å². The third-order valence-corrected chi connectivity index (χ3v) is 5.11. The molecule has 1 fully saturated rings. The van der Waals surface area contributed by atoms with E-state index in [4.69, 9.17) is 23.2 Å². The Hall–Kier alpha value is -1.85. The van der Waals surface area contributed by atoms with E-state index in [1.807, 2.05) is 0 Å². The van der Waals surface area contributed by atoms with Gasteiger partial charge in [0.05, 0.1) is 21.8 Å². The number of nitrogens with one attached hydrogen (secondary N) is 2. The fourth-order valence-electron chi connectivity index (χ4n) is 3.17. The van der Waals surface area contributed by atoms with Crippen LogP contribution in [0.3, 0.4) is 0 Å². The number of benzene rings is 1. The molecule has 0 unspecified atom stereocenters. The average molecular weight is 380 g/mol. The van der Waals surface area contributed by atoms with Gasteiger partial charge in [-0.25, -0.2) is 0 Å². The van der Waals surface area contributed by atoms with Crippen molar-refractivity contribution >= 4 is 34.9 Å². The zero-order chi connectivity index (χ0) is 17.8. The smallest absolute Gasteiger partial charge is 0.269 e. The maximum atomic E-state index is 12.6. The van der Waals surface area contributed by atoms with E-state index in [2.05, 4.69) is 15.5 Å². The Balaban J connectivity index is 1.73. The second-order valence-corrected chi connectivity index (χ2v) is 7.09. The quantitative estimate of drug-likeness (QED) is 0.764. The topological polar surface area (TPSA) is 74.8 Å². The fraction of sp³-hybridized carbons (Fsp3) is 0.389. The molecule has 2 aromatic rings. The van der Waals surface area contributed by atoms with Crippen LogP contribution in [-0.4, -0.2) is 27.9 Å². The lowest BCUT2D eigenvalue weighted by atomic mass is 9.95. The van der Waals surface area contributed by atoms with Crippen LogP contribution in [0.15, 0.2) is 24.4 Å². The van der Waals surface area contributed by atoms with Crippen LogP contribution in [0, 0.1) is 0 Å². The summed E-state index contributed by atoms with van der Waals surface area (Å²) < 4.78 is 0. The van der Waals surface area contributed by atoms with Crippen molar-refractivity contribution in [2.75, 3.05) is 0 Å². The largest absolute Gasteiger partial charge is 0.348 e. The second kappa shape index (κ2) is 8.02. The van der Waals surface area contributed by atoms with E-state index >= 15 is 0 Å². The summed E-state index contributed by atoms with van der Waals surface area (Å²) in [5.74, 6) is -0.471. The van der Waals surface area contributed by atoms with Gasteiger partial charge in [0.1, 0.15) is 5.69 Å². The van der Waals surface area contributed by atoms with Crippen LogP contribution in [0.5, 0.6) is 0 Å². The molecule has 0 bridgehead atoms. The van der Waals surface area contributed by atoms with Gasteiger partial charge in [0, 0.05) is 18.0 Å². The summed E-state index contributed by atoms with van der Waals surface area (Å²) in [5.41, 5.74) is 1.13. The predicted molar refractivity (Wildman–Crippen MR) is 97.4 cm³/mol. The number of aromatic amines is 1. The van der Waals surface area contributed by atoms with Gasteiger partial charge in [0.2, 0.25) is 0 Å². The number of carbonyl (C=O) groups excluding carboxylic acids is 2. The van der Waals surface area contributed by atoms with E-state index in [9.17, 15) is 9.59 Å². The molecule has 1 saturated carbocycles. The highest BCUT2D eigenvalue weighted by molar-refractivity contribution is 6.39. The van der Waals surface area contributed by atoms with Crippen LogP contribution in [0.2, 0.25) is 10.0 Å². The van der Waals surface area contributed by atoms with Gasteiger partial charge < -0.3 is 5.32 Å². The summed E-state index contributed by atoms with van der Waals surface area (Å²) in [7, 11) is 0. The van der Waals surface area contributed by atoms with Crippen LogP contribution in [0.25, 0.3) is 0 Å². The van der Waals surface area contributed by atoms with E-state index in [1.54, 1.807) is 18.2 Å². The van der Waals surface area contributed by atoms with E-state index in [1.165, 1.54) is 12.6 Å². The molecule has 2 N–H and O–H groups in total. The Morgan fingerprint density at radius 1 is 1.16 bits per heavy atom. The standard InChI is InChI=1S/C18H19Cl2N3O2/c19-13-7-4-8-14(20)16(13)15(24)9-11-10-21-23-17(11)18(25)22-12-5-2-1-3-6-12/h4,7-8,10,12H,1-3,5-6,9H2,(H,21,23)(H,22,25). The summed E-state index contributed by atoms with van der Waals surface area (Å²) in [4.78, 5) is 25.1. The van der Waals surface area contributed by atoms with Crippen molar-refractivity contribution in [2.45, 2.75) is 44.6 Å². The summed E-state index contributed by atoms with van der Waals surface area (Å²) in [5, 5.41) is 10.2. The highest BCUT2D eigenvalue weighted by Crippen LogP contribution is 2.26. The Morgan fingerprint density at radius 3 is 2.52 bits per heavy atom. The van der Waals surface area contributed by atoms with Gasteiger partial charge in [-0.05, 0) is 25.0 Å². The molecule has 0 atom stereocenters. The lowest BCUT2D eigenvalue weighted by molar-refractivity contribution is 0.0921. The molecule has 1 aliphatic carbocycles. The molecule has 0 aliphatic heterocycles. The molecule has 5 nitrogen and oxygen atoms in total. The van der Waals surface area contributed by atoms with Gasteiger partial charge in [-0.1, -0.05) is 48.5 Å². The van der Waals surface area contributed by atoms with Gasteiger partial charge in [0.15, 0.2) is 5.78 Å². The molecule has 1 amide bonds. The first kappa shape index (κ1) is 18.0. The van der Waals surface area contributed by atoms with Gasteiger partial charge in [-0.15, -0.1) is 0 Å². The molecule has 132 valence electrons. The maximum absolute atomic E-state index is 12.6. The number of ketones is 1. The number of halogens is 2. The van der Waals surface area contributed by atoms with Crippen LogP contribution in [0.4, 0.5) is 0 Å². The summed E-state index contributed by atoms with van der Waals surface area (Å²) >= 11 is 12.2. The van der Waals surface area contributed by atoms with Crippen LogP contribution >= 0.6 is 23.2 Å². The molecule has 3 rings (SSSR count). The van der Waals surface area contributed by atoms with Gasteiger partial charge in [-0.2, -0.15) is 5.10 Å². The minimum atomic E-state index is -0.247. The molecular formula is C18H19Cl2N3O2. The molecule has 0 spiro atoms. The summed E-state index contributed by atoms with van der Waals surface area (Å²) in [6, 6.07) is 5.10. The zero-order valence-electron chi connectivity index (χ0n) is 13.6. The van der Waals surface area contributed by atoms with E-state index in [0.717, 1.165) is 25.7 Å². The number of hydrogen-bond donors (Lipinski definition) is 2. The number of hydrogen-bond acceptors (Lipinski definition) is 3. The number of H-pyrrole nitrogens is 1. The van der Waals surface area contributed by atoms with Gasteiger partial charge in [-0.3, -0.25) is 14.7 Å². The number of rotatable bonds is 5. The predicted octanol–water partition coefficient (Wildman–Crippen LogP) is 4.20. The SMILES string of the molecule is O=C(NC1CCCCC1)c1[nH]ncc1CC(=O)c1c(Cl)cccc1Cl. The molecule has 0 saturated heterocycles. The number of carbonyl (C=O) groups is 2. The Bertz CT molecular complexity index is 762. The zero-order valence-corrected chi connectivity index (χ0v) is 15.2. The third kappa shape index (κ3) is 4.22. The van der Waals surface area contributed by atoms with E-state index in [0.29, 0.717) is 21.3 Å². The number of nitrogens with zero attached hydrogens (tertiary/aromatic N) is 1. The van der Waals surface area contributed by atoms with Gasteiger partial charge in [0.25, 0.3) is 5.91 Å². The van der Waals surface area contributed by atoms with Crippen molar-refractivity contribution < 1.29 is 9.59 Å². The molecule has 0 radical (unpaired) electrons. The first-order chi connectivity index (χ1) is 12.1. The first-order valence-corrected chi connectivity index (χ1v) is 9.12. The van der Waals surface area contributed by atoms with Crippen molar-refractivity contribution in [1.29, 1.82) is 0 Å². The fourth-order valence-corrected chi connectivity index (χ4v) is 3.78. The Morgan fingerprint density at radius 2 is 1.84 bits per heavy atom. The lowest BCUT2D eigenvalue weighted by Crippen LogP contribution is -2.36. The molecule has 1 heterocycles. The molecular weight excluding hydrogens is 361 g/mol. The van der Waals surface area contributed by atoms with Crippen molar-refractivity contribution in [3.63, 3.8) is 0 Å².